The SMILES string of the molecule is C=CCNC(=O)c1cccc(C(=O)NCCC(C)C)n1. The van der Waals surface area contributed by atoms with Crippen molar-refractivity contribution in [1.29, 1.82) is 0 Å². The Labute approximate surface area is 119 Å². The molecule has 0 saturated heterocycles. The summed E-state index contributed by atoms with van der Waals surface area (Å²) in [7, 11) is 0. The third kappa shape index (κ3) is 5.22. The van der Waals surface area contributed by atoms with Gasteiger partial charge in [0.1, 0.15) is 11.4 Å². The van der Waals surface area contributed by atoms with Crippen molar-refractivity contribution in [3.8, 4) is 0 Å². The number of nitrogens with zero attached hydrogens (tertiary/aromatic N) is 1. The quantitative estimate of drug-likeness (QED) is 0.745. The lowest BCUT2D eigenvalue weighted by molar-refractivity contribution is 0.0945. The van der Waals surface area contributed by atoms with E-state index < -0.39 is 0 Å². The first kappa shape index (κ1) is 15.9. The zero-order valence-electron chi connectivity index (χ0n) is 12.0. The summed E-state index contributed by atoms with van der Waals surface area (Å²) in [6.07, 6.45) is 2.49. The van der Waals surface area contributed by atoms with Gasteiger partial charge in [0, 0.05) is 13.1 Å². The number of pyridine rings is 1. The predicted octanol–water partition coefficient (Wildman–Crippen LogP) is 1.77. The average molecular weight is 275 g/mol. The number of hydrogen-bond acceptors (Lipinski definition) is 3. The number of carbonyl (C=O) groups excluding carboxylic acids is 2. The number of amides is 2. The molecule has 108 valence electrons. The van der Waals surface area contributed by atoms with Crippen molar-refractivity contribution in [2.75, 3.05) is 13.1 Å². The number of aromatic nitrogens is 1. The van der Waals surface area contributed by atoms with Crippen LogP contribution in [0.15, 0.2) is 30.9 Å². The summed E-state index contributed by atoms with van der Waals surface area (Å²) in [5.74, 6) is -0.0509. The molecule has 1 aromatic heterocycles. The van der Waals surface area contributed by atoms with Crippen LogP contribution in [-0.4, -0.2) is 29.9 Å². The van der Waals surface area contributed by atoms with Gasteiger partial charge < -0.3 is 10.6 Å². The summed E-state index contributed by atoms with van der Waals surface area (Å²) in [5, 5.41) is 5.41. The Balaban J connectivity index is 2.64. The van der Waals surface area contributed by atoms with Crippen LogP contribution >= 0.6 is 0 Å². The van der Waals surface area contributed by atoms with Gasteiger partial charge in [-0.1, -0.05) is 26.0 Å². The minimum atomic E-state index is -0.318. The summed E-state index contributed by atoms with van der Waals surface area (Å²) in [4.78, 5) is 27.7. The van der Waals surface area contributed by atoms with Crippen molar-refractivity contribution in [1.82, 2.24) is 15.6 Å². The number of rotatable bonds is 7. The van der Waals surface area contributed by atoms with E-state index >= 15 is 0 Å². The van der Waals surface area contributed by atoms with Crippen LogP contribution in [0.1, 0.15) is 41.2 Å². The standard InChI is InChI=1S/C15H21N3O2/c1-4-9-16-14(19)12-6-5-7-13(18-12)15(20)17-10-8-11(2)3/h4-7,11H,1,8-10H2,2-3H3,(H,16,19)(H,17,20). The largest absolute Gasteiger partial charge is 0.351 e. The van der Waals surface area contributed by atoms with Crippen molar-refractivity contribution in [2.24, 2.45) is 5.92 Å². The van der Waals surface area contributed by atoms with Gasteiger partial charge in [0.05, 0.1) is 0 Å². The van der Waals surface area contributed by atoms with E-state index in [1.54, 1.807) is 24.3 Å². The van der Waals surface area contributed by atoms with Crippen LogP contribution in [0.4, 0.5) is 0 Å². The van der Waals surface area contributed by atoms with Crippen molar-refractivity contribution in [2.45, 2.75) is 20.3 Å². The molecule has 0 fully saturated rings. The van der Waals surface area contributed by atoms with E-state index in [-0.39, 0.29) is 23.2 Å². The molecule has 0 aliphatic rings. The maximum atomic E-state index is 11.9. The van der Waals surface area contributed by atoms with Crippen LogP contribution < -0.4 is 10.6 Å². The van der Waals surface area contributed by atoms with Gasteiger partial charge >= 0.3 is 0 Å². The molecule has 5 heteroatoms. The highest BCUT2D eigenvalue weighted by Crippen LogP contribution is 2.01. The third-order valence-corrected chi connectivity index (χ3v) is 2.63. The van der Waals surface area contributed by atoms with Gasteiger partial charge in [0.15, 0.2) is 0 Å². The highest BCUT2D eigenvalue weighted by Gasteiger charge is 2.11. The Morgan fingerprint density at radius 3 is 2.40 bits per heavy atom. The molecule has 5 nitrogen and oxygen atoms in total. The predicted molar refractivity (Wildman–Crippen MR) is 78.6 cm³/mol. The second-order valence-corrected chi connectivity index (χ2v) is 4.85. The summed E-state index contributed by atoms with van der Waals surface area (Å²) in [5.41, 5.74) is 0.475. The minimum Gasteiger partial charge on any atom is -0.351 e. The molecule has 0 saturated carbocycles. The Morgan fingerprint density at radius 1 is 1.25 bits per heavy atom. The maximum absolute atomic E-state index is 11.9. The lowest BCUT2D eigenvalue weighted by Gasteiger charge is -2.07. The molecule has 1 rings (SSSR count). The number of nitrogens with one attached hydrogen (secondary N) is 2. The zero-order valence-corrected chi connectivity index (χ0v) is 12.0. The van der Waals surface area contributed by atoms with Gasteiger partial charge in [-0.2, -0.15) is 0 Å². The first-order chi connectivity index (χ1) is 9.54. The first-order valence-corrected chi connectivity index (χ1v) is 6.69. The Morgan fingerprint density at radius 2 is 1.85 bits per heavy atom. The molecule has 0 radical (unpaired) electrons. The molecular weight excluding hydrogens is 254 g/mol. The molecule has 0 aliphatic carbocycles. The molecule has 1 heterocycles. The van der Waals surface area contributed by atoms with Gasteiger partial charge in [-0.15, -0.1) is 6.58 Å². The Hall–Kier alpha value is -2.17. The second kappa shape index (κ2) is 8.09. The molecule has 2 N–H and O–H groups in total. The number of carbonyl (C=O) groups is 2. The van der Waals surface area contributed by atoms with Crippen LogP contribution in [0.25, 0.3) is 0 Å². The fourth-order valence-corrected chi connectivity index (χ4v) is 1.51. The zero-order chi connectivity index (χ0) is 15.0. The molecular formula is C15H21N3O2. The monoisotopic (exact) mass is 275 g/mol. The van der Waals surface area contributed by atoms with E-state index in [2.05, 4.69) is 36.0 Å². The highest BCUT2D eigenvalue weighted by molar-refractivity contribution is 5.96. The summed E-state index contributed by atoms with van der Waals surface area (Å²) >= 11 is 0. The minimum absolute atomic E-state index is 0.225. The third-order valence-electron chi connectivity index (χ3n) is 2.63. The molecule has 0 unspecified atom stereocenters. The van der Waals surface area contributed by atoms with E-state index in [4.69, 9.17) is 0 Å². The van der Waals surface area contributed by atoms with E-state index in [9.17, 15) is 9.59 Å². The molecule has 0 atom stereocenters. The topological polar surface area (TPSA) is 71.1 Å². The van der Waals surface area contributed by atoms with E-state index in [0.29, 0.717) is 19.0 Å². The fraction of sp³-hybridized carbons (Fsp3) is 0.400. The van der Waals surface area contributed by atoms with E-state index in [1.165, 1.54) is 0 Å². The highest BCUT2D eigenvalue weighted by atomic mass is 16.2. The molecule has 2 amide bonds. The number of hydrogen-bond donors (Lipinski definition) is 2. The summed E-state index contributed by atoms with van der Waals surface area (Å²) < 4.78 is 0. The van der Waals surface area contributed by atoms with Crippen molar-refractivity contribution in [3.05, 3.63) is 42.2 Å². The van der Waals surface area contributed by atoms with Gasteiger partial charge in [-0.05, 0) is 24.5 Å². The van der Waals surface area contributed by atoms with Crippen molar-refractivity contribution >= 4 is 11.8 Å². The fourth-order valence-electron chi connectivity index (χ4n) is 1.51. The van der Waals surface area contributed by atoms with Gasteiger partial charge in [-0.25, -0.2) is 4.98 Å². The van der Waals surface area contributed by atoms with Crippen LogP contribution in [0, 0.1) is 5.92 Å². The van der Waals surface area contributed by atoms with Gasteiger partial charge in [-0.3, -0.25) is 9.59 Å². The maximum Gasteiger partial charge on any atom is 0.270 e. The Kier molecular flexibility index (Phi) is 6.43. The van der Waals surface area contributed by atoms with Crippen LogP contribution in [-0.2, 0) is 0 Å². The molecule has 20 heavy (non-hydrogen) atoms. The average Bonchev–Trinajstić information content (AvgIpc) is 2.44. The van der Waals surface area contributed by atoms with Gasteiger partial charge in [0.25, 0.3) is 11.8 Å². The normalized spacial score (nSPS) is 10.2. The van der Waals surface area contributed by atoms with Crippen LogP contribution in [0.3, 0.4) is 0 Å². The summed E-state index contributed by atoms with van der Waals surface area (Å²) in [6, 6.07) is 4.81. The molecule has 0 aliphatic heterocycles. The lowest BCUT2D eigenvalue weighted by atomic mass is 10.1. The molecule has 0 aromatic carbocycles. The van der Waals surface area contributed by atoms with Crippen LogP contribution in [0.2, 0.25) is 0 Å². The summed E-state index contributed by atoms with van der Waals surface area (Å²) in [6.45, 7) is 8.67. The van der Waals surface area contributed by atoms with E-state index in [0.717, 1.165) is 6.42 Å². The Bertz CT molecular complexity index is 484. The molecule has 0 bridgehead atoms. The smallest absolute Gasteiger partial charge is 0.270 e. The van der Waals surface area contributed by atoms with Crippen LogP contribution in [0.5, 0.6) is 0 Å². The van der Waals surface area contributed by atoms with Crippen molar-refractivity contribution in [3.63, 3.8) is 0 Å². The van der Waals surface area contributed by atoms with E-state index in [1.807, 2.05) is 0 Å². The first-order valence-electron chi connectivity index (χ1n) is 6.69. The van der Waals surface area contributed by atoms with Gasteiger partial charge in [0.2, 0.25) is 0 Å². The molecule has 1 aromatic rings. The lowest BCUT2D eigenvalue weighted by Crippen LogP contribution is -2.28. The van der Waals surface area contributed by atoms with Crippen molar-refractivity contribution < 1.29 is 9.59 Å². The second-order valence-electron chi connectivity index (χ2n) is 4.85. The molecule has 0 spiro atoms.